The van der Waals surface area contributed by atoms with Crippen molar-refractivity contribution in [1.29, 1.82) is 0 Å². The molecule has 1 aliphatic heterocycles. The number of aliphatic hydroxyl groups excluding tert-OH is 1. The summed E-state index contributed by atoms with van der Waals surface area (Å²) in [6.45, 7) is 3.61. The summed E-state index contributed by atoms with van der Waals surface area (Å²) in [6.07, 6.45) is 6.51. The summed E-state index contributed by atoms with van der Waals surface area (Å²) >= 11 is 0. The summed E-state index contributed by atoms with van der Waals surface area (Å²) in [4.78, 5) is 25.2. The minimum atomic E-state index is -0.909. The lowest BCUT2D eigenvalue weighted by Gasteiger charge is -2.32. The van der Waals surface area contributed by atoms with Crippen LogP contribution in [0.4, 0.5) is 0 Å². The molecule has 0 bridgehead atoms. The van der Waals surface area contributed by atoms with Crippen molar-refractivity contribution in [2.45, 2.75) is 58.0 Å². The van der Waals surface area contributed by atoms with E-state index in [2.05, 4.69) is 5.32 Å². The van der Waals surface area contributed by atoms with Crippen LogP contribution >= 0.6 is 0 Å². The van der Waals surface area contributed by atoms with Gasteiger partial charge in [0.2, 0.25) is 5.91 Å². The maximum atomic E-state index is 11.8. The molecular weight excluding hydrogens is 268 g/mol. The Morgan fingerprint density at radius 3 is 2.38 bits per heavy atom. The van der Waals surface area contributed by atoms with Crippen LogP contribution in [0.25, 0.3) is 0 Å². The predicted molar refractivity (Wildman–Crippen MR) is 80.6 cm³/mol. The van der Waals surface area contributed by atoms with E-state index < -0.39 is 6.10 Å². The standard InChI is InChI=1S/C16H28N2O3/c1-12(19)16(21)18-9-7-14(8-10-18)11-17-15(20)6-5-13-3-2-4-13/h12-14,19H,2-11H2,1H3,(H,17,20). The molecule has 21 heavy (non-hydrogen) atoms. The Hall–Kier alpha value is -1.10. The van der Waals surface area contributed by atoms with E-state index in [0.717, 1.165) is 31.7 Å². The Kier molecular flexibility index (Phi) is 6.03. The monoisotopic (exact) mass is 296 g/mol. The average Bonchev–Trinajstić information content (AvgIpc) is 2.43. The Morgan fingerprint density at radius 2 is 1.86 bits per heavy atom. The van der Waals surface area contributed by atoms with Gasteiger partial charge in [0, 0.05) is 26.1 Å². The minimum Gasteiger partial charge on any atom is -0.384 e. The van der Waals surface area contributed by atoms with Crippen LogP contribution in [0.1, 0.15) is 51.9 Å². The third-order valence-electron chi connectivity index (χ3n) is 4.88. The van der Waals surface area contributed by atoms with Crippen LogP contribution in [0.2, 0.25) is 0 Å². The first-order valence-electron chi connectivity index (χ1n) is 8.30. The average molecular weight is 296 g/mol. The number of hydrogen-bond acceptors (Lipinski definition) is 3. The zero-order valence-corrected chi connectivity index (χ0v) is 13.0. The van der Waals surface area contributed by atoms with Crippen molar-refractivity contribution in [2.75, 3.05) is 19.6 Å². The molecule has 1 saturated heterocycles. The summed E-state index contributed by atoms with van der Waals surface area (Å²) in [7, 11) is 0. The molecule has 1 unspecified atom stereocenters. The molecule has 0 aromatic rings. The van der Waals surface area contributed by atoms with E-state index in [0.29, 0.717) is 25.4 Å². The molecule has 2 fully saturated rings. The van der Waals surface area contributed by atoms with Crippen molar-refractivity contribution < 1.29 is 14.7 Å². The summed E-state index contributed by atoms with van der Waals surface area (Å²) < 4.78 is 0. The van der Waals surface area contributed by atoms with Gasteiger partial charge >= 0.3 is 0 Å². The molecule has 5 heteroatoms. The molecule has 1 saturated carbocycles. The van der Waals surface area contributed by atoms with E-state index in [4.69, 9.17) is 0 Å². The fourth-order valence-electron chi connectivity index (χ4n) is 3.08. The maximum absolute atomic E-state index is 11.8. The molecule has 1 heterocycles. The first-order valence-corrected chi connectivity index (χ1v) is 8.30. The highest BCUT2D eigenvalue weighted by Gasteiger charge is 2.25. The van der Waals surface area contributed by atoms with Crippen molar-refractivity contribution in [3.63, 3.8) is 0 Å². The Morgan fingerprint density at radius 1 is 1.19 bits per heavy atom. The molecule has 5 nitrogen and oxygen atoms in total. The number of piperidine rings is 1. The predicted octanol–water partition coefficient (Wildman–Crippen LogP) is 1.30. The number of nitrogens with one attached hydrogen (secondary N) is 1. The minimum absolute atomic E-state index is 0.171. The van der Waals surface area contributed by atoms with E-state index >= 15 is 0 Å². The van der Waals surface area contributed by atoms with Crippen LogP contribution in [0.3, 0.4) is 0 Å². The fraction of sp³-hybridized carbons (Fsp3) is 0.875. The van der Waals surface area contributed by atoms with Crippen molar-refractivity contribution >= 4 is 11.8 Å². The van der Waals surface area contributed by atoms with E-state index in [1.54, 1.807) is 4.90 Å². The van der Waals surface area contributed by atoms with Gasteiger partial charge in [-0.2, -0.15) is 0 Å². The third kappa shape index (κ3) is 4.99. The zero-order chi connectivity index (χ0) is 15.2. The third-order valence-corrected chi connectivity index (χ3v) is 4.88. The quantitative estimate of drug-likeness (QED) is 0.776. The van der Waals surface area contributed by atoms with E-state index in [1.165, 1.54) is 26.2 Å². The van der Waals surface area contributed by atoms with Gasteiger partial charge in [-0.3, -0.25) is 9.59 Å². The molecule has 2 N–H and O–H groups in total. The number of nitrogens with zero attached hydrogens (tertiary/aromatic N) is 1. The van der Waals surface area contributed by atoms with Crippen LogP contribution in [0.5, 0.6) is 0 Å². The first-order chi connectivity index (χ1) is 10.1. The van der Waals surface area contributed by atoms with E-state index in [9.17, 15) is 14.7 Å². The molecule has 0 aromatic heterocycles. The lowest BCUT2D eigenvalue weighted by molar-refractivity contribution is -0.140. The van der Waals surface area contributed by atoms with Crippen LogP contribution in [-0.4, -0.2) is 47.6 Å². The number of aliphatic hydroxyl groups is 1. The Balaban J connectivity index is 1.57. The van der Waals surface area contributed by atoms with Gasteiger partial charge < -0.3 is 15.3 Å². The number of hydrogen-bond donors (Lipinski definition) is 2. The van der Waals surface area contributed by atoms with Gasteiger partial charge in [0.1, 0.15) is 6.10 Å². The van der Waals surface area contributed by atoms with Crippen LogP contribution in [-0.2, 0) is 9.59 Å². The second kappa shape index (κ2) is 7.78. The molecule has 1 atom stereocenters. The van der Waals surface area contributed by atoms with Gasteiger partial charge in [-0.05, 0) is 38.0 Å². The molecule has 2 rings (SSSR count). The van der Waals surface area contributed by atoms with Crippen molar-refractivity contribution in [1.82, 2.24) is 10.2 Å². The number of likely N-dealkylation sites (tertiary alicyclic amines) is 1. The van der Waals surface area contributed by atoms with E-state index in [-0.39, 0.29) is 11.8 Å². The first kappa shape index (κ1) is 16.3. The van der Waals surface area contributed by atoms with Crippen molar-refractivity contribution in [2.24, 2.45) is 11.8 Å². The SMILES string of the molecule is CC(O)C(=O)N1CCC(CNC(=O)CCC2CCC2)CC1. The smallest absolute Gasteiger partial charge is 0.251 e. The second-order valence-electron chi connectivity index (χ2n) is 6.58. The summed E-state index contributed by atoms with van der Waals surface area (Å²) in [6, 6.07) is 0. The molecule has 2 amide bonds. The number of rotatable bonds is 6. The molecule has 0 spiro atoms. The second-order valence-corrected chi connectivity index (χ2v) is 6.58. The molecule has 120 valence electrons. The number of carbonyl (C=O) groups excluding carboxylic acids is 2. The lowest BCUT2D eigenvalue weighted by Crippen LogP contribution is -2.44. The van der Waals surface area contributed by atoms with Crippen LogP contribution < -0.4 is 5.32 Å². The van der Waals surface area contributed by atoms with Gasteiger partial charge in [-0.15, -0.1) is 0 Å². The number of carbonyl (C=O) groups is 2. The van der Waals surface area contributed by atoms with Gasteiger partial charge in [0.15, 0.2) is 0 Å². The largest absolute Gasteiger partial charge is 0.384 e. The molecule has 1 aliphatic carbocycles. The van der Waals surface area contributed by atoms with Gasteiger partial charge in [0.25, 0.3) is 5.91 Å². The molecular formula is C16H28N2O3. The van der Waals surface area contributed by atoms with Gasteiger partial charge in [-0.1, -0.05) is 19.3 Å². The Labute approximate surface area is 127 Å². The normalized spacial score (nSPS) is 21.7. The van der Waals surface area contributed by atoms with E-state index in [1.807, 2.05) is 0 Å². The summed E-state index contributed by atoms with van der Waals surface area (Å²) in [5.74, 6) is 1.23. The summed E-state index contributed by atoms with van der Waals surface area (Å²) in [5, 5.41) is 12.3. The molecule has 2 aliphatic rings. The van der Waals surface area contributed by atoms with Crippen molar-refractivity contribution in [3.8, 4) is 0 Å². The zero-order valence-electron chi connectivity index (χ0n) is 13.0. The van der Waals surface area contributed by atoms with Gasteiger partial charge in [0.05, 0.1) is 0 Å². The lowest BCUT2D eigenvalue weighted by atomic mass is 9.82. The van der Waals surface area contributed by atoms with Gasteiger partial charge in [-0.25, -0.2) is 0 Å². The fourth-order valence-corrected chi connectivity index (χ4v) is 3.08. The molecule has 0 radical (unpaired) electrons. The maximum Gasteiger partial charge on any atom is 0.251 e. The Bertz CT molecular complexity index is 359. The highest BCUT2D eigenvalue weighted by Crippen LogP contribution is 2.30. The summed E-state index contributed by atoms with van der Waals surface area (Å²) in [5.41, 5.74) is 0. The van der Waals surface area contributed by atoms with Crippen LogP contribution in [0, 0.1) is 11.8 Å². The van der Waals surface area contributed by atoms with Crippen LogP contribution in [0.15, 0.2) is 0 Å². The molecule has 0 aromatic carbocycles. The highest BCUT2D eigenvalue weighted by atomic mass is 16.3. The topological polar surface area (TPSA) is 69.6 Å². The van der Waals surface area contributed by atoms with Crippen molar-refractivity contribution in [3.05, 3.63) is 0 Å². The number of amides is 2. The highest BCUT2D eigenvalue weighted by molar-refractivity contribution is 5.80.